The van der Waals surface area contributed by atoms with Gasteiger partial charge in [-0.3, -0.25) is 9.48 Å². The van der Waals surface area contributed by atoms with Gasteiger partial charge in [0.1, 0.15) is 6.54 Å². The van der Waals surface area contributed by atoms with Crippen LogP contribution in [0.3, 0.4) is 0 Å². The van der Waals surface area contributed by atoms with Crippen molar-refractivity contribution in [3.05, 3.63) is 75.0 Å². The number of amides is 1. The minimum Gasteiger partial charge on any atom is -0.493 e. The number of ether oxygens (including phenoxy) is 2. The summed E-state index contributed by atoms with van der Waals surface area (Å²) in [4.78, 5) is 24.8. The van der Waals surface area contributed by atoms with Crippen molar-refractivity contribution in [2.75, 3.05) is 7.11 Å². The molecule has 33 heavy (non-hydrogen) atoms. The van der Waals surface area contributed by atoms with Crippen molar-refractivity contribution in [2.24, 2.45) is 5.10 Å². The largest absolute Gasteiger partial charge is 0.493 e. The van der Waals surface area contributed by atoms with Crippen LogP contribution in [-0.2, 0) is 11.3 Å². The molecule has 0 saturated heterocycles. The summed E-state index contributed by atoms with van der Waals surface area (Å²) in [7, 11) is 1.49. The number of esters is 1. The Hall–Kier alpha value is -3.46. The molecular weight excluding hydrogens is 488 g/mol. The summed E-state index contributed by atoms with van der Waals surface area (Å²) in [6.45, 7) is 7.46. The van der Waals surface area contributed by atoms with Crippen LogP contribution in [0.25, 0.3) is 0 Å². The van der Waals surface area contributed by atoms with Crippen LogP contribution in [0.1, 0.15) is 39.8 Å². The van der Waals surface area contributed by atoms with E-state index in [1.165, 1.54) is 7.11 Å². The Labute approximate surface area is 200 Å². The van der Waals surface area contributed by atoms with Gasteiger partial charge in [-0.25, -0.2) is 10.2 Å². The summed E-state index contributed by atoms with van der Waals surface area (Å²) >= 11 is 3.45. The number of methoxy groups -OCH3 is 1. The number of carbonyl (C=O) groups excluding carboxylic acids is 2. The van der Waals surface area contributed by atoms with Crippen LogP contribution in [0.2, 0.25) is 0 Å². The normalized spacial score (nSPS) is 11.3. The molecule has 8 nitrogen and oxygen atoms in total. The first-order valence-electron chi connectivity index (χ1n) is 10.2. The molecule has 0 aliphatic carbocycles. The summed E-state index contributed by atoms with van der Waals surface area (Å²) in [6.07, 6.45) is 0. The van der Waals surface area contributed by atoms with E-state index < -0.39 is 5.97 Å². The van der Waals surface area contributed by atoms with Crippen LogP contribution in [0.15, 0.2) is 52.0 Å². The maximum Gasteiger partial charge on any atom is 0.343 e. The minimum absolute atomic E-state index is 0.0478. The second-order valence-corrected chi connectivity index (χ2v) is 8.29. The quantitative estimate of drug-likeness (QED) is 0.220. The van der Waals surface area contributed by atoms with E-state index in [-0.39, 0.29) is 12.5 Å². The van der Waals surface area contributed by atoms with Gasteiger partial charge in [0.05, 0.1) is 34.2 Å². The van der Waals surface area contributed by atoms with Gasteiger partial charge >= 0.3 is 5.97 Å². The average Bonchev–Trinajstić information content (AvgIpc) is 3.03. The molecule has 0 radical (unpaired) electrons. The van der Waals surface area contributed by atoms with Gasteiger partial charge in [-0.1, -0.05) is 17.7 Å². The Morgan fingerprint density at radius 3 is 2.48 bits per heavy atom. The molecular formula is C24H25BrN4O4. The standard InChI is InChI=1S/C24H25BrN4O4/c1-14-7-6-8-19(11-14)24(31)33-20-10-9-18(12-21(20)32-5)15(2)26-27-22(30)13-29-17(4)23(25)16(3)28-29/h6-12H,13H2,1-5H3,(H,27,30)/b26-15+. The molecule has 3 rings (SSSR count). The third kappa shape index (κ3) is 5.87. The molecule has 0 saturated carbocycles. The number of aromatic nitrogens is 2. The van der Waals surface area contributed by atoms with E-state index in [1.807, 2.05) is 26.8 Å². The number of hydrazone groups is 1. The van der Waals surface area contributed by atoms with Crippen LogP contribution in [0.4, 0.5) is 0 Å². The van der Waals surface area contributed by atoms with Crippen molar-refractivity contribution in [1.82, 2.24) is 15.2 Å². The maximum absolute atomic E-state index is 12.5. The van der Waals surface area contributed by atoms with E-state index >= 15 is 0 Å². The van der Waals surface area contributed by atoms with Gasteiger partial charge in [0.2, 0.25) is 0 Å². The number of hydrogen-bond donors (Lipinski definition) is 1. The molecule has 0 unspecified atom stereocenters. The molecule has 0 atom stereocenters. The molecule has 0 fully saturated rings. The Kier molecular flexibility index (Phi) is 7.65. The first kappa shape index (κ1) is 24.2. The van der Waals surface area contributed by atoms with Crippen molar-refractivity contribution in [1.29, 1.82) is 0 Å². The predicted octanol–water partition coefficient (Wildman–Crippen LogP) is 4.34. The molecule has 9 heteroatoms. The van der Waals surface area contributed by atoms with Crippen LogP contribution in [-0.4, -0.2) is 34.5 Å². The maximum atomic E-state index is 12.5. The van der Waals surface area contributed by atoms with Crippen LogP contribution < -0.4 is 14.9 Å². The lowest BCUT2D eigenvalue weighted by molar-refractivity contribution is -0.121. The fourth-order valence-electron chi connectivity index (χ4n) is 3.12. The lowest BCUT2D eigenvalue weighted by atomic mass is 10.1. The number of hydrogen-bond acceptors (Lipinski definition) is 6. The van der Waals surface area contributed by atoms with Gasteiger partial charge < -0.3 is 9.47 Å². The molecule has 0 spiro atoms. The summed E-state index contributed by atoms with van der Waals surface area (Å²) in [5.74, 6) is -0.108. The van der Waals surface area contributed by atoms with Gasteiger partial charge in [-0.05, 0) is 74.0 Å². The van der Waals surface area contributed by atoms with E-state index in [9.17, 15) is 9.59 Å². The monoisotopic (exact) mass is 512 g/mol. The van der Waals surface area contributed by atoms with Gasteiger partial charge in [0.25, 0.3) is 5.91 Å². The number of nitrogens with one attached hydrogen (secondary N) is 1. The first-order chi connectivity index (χ1) is 15.7. The number of carbonyl (C=O) groups is 2. The Morgan fingerprint density at radius 1 is 1.09 bits per heavy atom. The van der Waals surface area contributed by atoms with Crippen LogP contribution >= 0.6 is 15.9 Å². The lowest BCUT2D eigenvalue weighted by Gasteiger charge is -2.11. The first-order valence-corrected chi connectivity index (χ1v) is 11.0. The highest BCUT2D eigenvalue weighted by Crippen LogP contribution is 2.29. The molecule has 0 bridgehead atoms. The van der Waals surface area contributed by atoms with E-state index in [4.69, 9.17) is 9.47 Å². The average molecular weight is 513 g/mol. The third-order valence-corrected chi connectivity index (χ3v) is 6.12. The zero-order valence-electron chi connectivity index (χ0n) is 19.1. The van der Waals surface area contributed by atoms with Gasteiger partial charge in [0.15, 0.2) is 11.5 Å². The van der Waals surface area contributed by atoms with Crippen molar-refractivity contribution in [3.8, 4) is 11.5 Å². The molecule has 1 amide bonds. The predicted molar refractivity (Wildman–Crippen MR) is 129 cm³/mol. The van der Waals surface area contributed by atoms with E-state index in [0.717, 1.165) is 21.4 Å². The highest BCUT2D eigenvalue weighted by molar-refractivity contribution is 9.10. The summed E-state index contributed by atoms with van der Waals surface area (Å²) < 4.78 is 13.4. The van der Waals surface area contributed by atoms with E-state index in [0.29, 0.717) is 28.3 Å². The number of halogens is 1. The third-order valence-electron chi connectivity index (χ3n) is 4.97. The topological polar surface area (TPSA) is 94.8 Å². The molecule has 3 aromatic rings. The molecule has 0 aliphatic rings. The van der Waals surface area contributed by atoms with Gasteiger partial charge in [-0.15, -0.1) is 0 Å². The van der Waals surface area contributed by atoms with E-state index in [2.05, 4.69) is 31.6 Å². The fraction of sp³-hybridized carbons (Fsp3) is 0.250. The Morgan fingerprint density at radius 2 is 1.85 bits per heavy atom. The zero-order valence-corrected chi connectivity index (χ0v) is 20.7. The number of rotatable bonds is 7. The van der Waals surface area contributed by atoms with Crippen molar-refractivity contribution in [2.45, 2.75) is 34.2 Å². The number of benzene rings is 2. The second kappa shape index (κ2) is 10.4. The highest BCUT2D eigenvalue weighted by atomic mass is 79.9. The van der Waals surface area contributed by atoms with Crippen molar-refractivity contribution >= 4 is 33.5 Å². The van der Waals surface area contributed by atoms with Crippen molar-refractivity contribution < 1.29 is 19.1 Å². The minimum atomic E-state index is -0.474. The second-order valence-electron chi connectivity index (χ2n) is 7.50. The molecule has 1 N–H and O–H groups in total. The summed E-state index contributed by atoms with van der Waals surface area (Å²) in [5, 5.41) is 8.49. The van der Waals surface area contributed by atoms with Crippen molar-refractivity contribution in [3.63, 3.8) is 0 Å². The Balaban J connectivity index is 1.69. The molecule has 2 aromatic carbocycles. The number of nitrogens with zero attached hydrogens (tertiary/aromatic N) is 3. The summed E-state index contributed by atoms with van der Waals surface area (Å²) in [5.41, 5.74) is 6.91. The zero-order chi connectivity index (χ0) is 24.1. The summed E-state index contributed by atoms with van der Waals surface area (Å²) in [6, 6.07) is 12.2. The highest BCUT2D eigenvalue weighted by Gasteiger charge is 2.15. The van der Waals surface area contributed by atoms with Crippen LogP contribution in [0, 0.1) is 20.8 Å². The molecule has 1 heterocycles. The smallest absolute Gasteiger partial charge is 0.343 e. The molecule has 1 aromatic heterocycles. The van der Waals surface area contributed by atoms with Gasteiger partial charge in [0, 0.05) is 5.56 Å². The Bertz CT molecular complexity index is 1230. The van der Waals surface area contributed by atoms with E-state index in [1.54, 1.807) is 48.0 Å². The van der Waals surface area contributed by atoms with Crippen LogP contribution in [0.5, 0.6) is 11.5 Å². The molecule has 0 aliphatic heterocycles. The van der Waals surface area contributed by atoms with Gasteiger partial charge in [-0.2, -0.15) is 10.2 Å². The fourth-order valence-corrected chi connectivity index (χ4v) is 3.40. The number of aryl methyl sites for hydroxylation is 2. The lowest BCUT2D eigenvalue weighted by Crippen LogP contribution is -2.25. The molecule has 172 valence electrons. The SMILES string of the molecule is COc1cc(/C(C)=N/NC(=O)Cn2nc(C)c(Br)c2C)ccc1OC(=O)c1cccc(C)c1.